The van der Waals surface area contributed by atoms with Gasteiger partial charge in [-0.15, -0.1) is 0 Å². The molecule has 1 rings (SSSR count). The van der Waals surface area contributed by atoms with E-state index < -0.39 is 0 Å². The van der Waals surface area contributed by atoms with E-state index in [2.05, 4.69) is 10.2 Å². The van der Waals surface area contributed by atoms with E-state index in [1.165, 1.54) is 0 Å². The van der Waals surface area contributed by atoms with Crippen molar-refractivity contribution in [1.82, 2.24) is 10.2 Å². The molecule has 62 valence electrons. The zero-order valence-electron chi connectivity index (χ0n) is 6.85. The van der Waals surface area contributed by atoms with Crippen molar-refractivity contribution < 1.29 is 4.74 Å². The maximum atomic E-state index is 5.58. The summed E-state index contributed by atoms with van der Waals surface area (Å²) >= 11 is 0. The van der Waals surface area contributed by atoms with Gasteiger partial charge in [-0.3, -0.25) is 5.10 Å². The van der Waals surface area contributed by atoms with Gasteiger partial charge in [-0.2, -0.15) is 5.10 Å². The molecule has 0 spiro atoms. The number of aromatic nitrogens is 2. The molecule has 1 aromatic rings. The molecule has 0 amide bonds. The highest BCUT2D eigenvalue weighted by Gasteiger charge is 2.06. The lowest BCUT2D eigenvalue weighted by atomic mass is 10.2. The van der Waals surface area contributed by atoms with Gasteiger partial charge in [-0.25, -0.2) is 0 Å². The third kappa shape index (κ3) is 1.51. The first-order valence-corrected chi connectivity index (χ1v) is 3.60. The van der Waals surface area contributed by atoms with Gasteiger partial charge in [0.25, 0.3) is 0 Å². The van der Waals surface area contributed by atoms with Gasteiger partial charge in [0.2, 0.25) is 0 Å². The zero-order chi connectivity index (χ0) is 8.27. The molecular weight excluding hydrogens is 142 g/mol. The van der Waals surface area contributed by atoms with Crippen LogP contribution in [0, 0.1) is 0 Å². The minimum atomic E-state index is 0.549. The number of aromatic amines is 1. The van der Waals surface area contributed by atoms with Crippen LogP contribution in [0.4, 0.5) is 5.82 Å². The maximum Gasteiger partial charge on any atom is 0.148 e. The molecule has 1 heterocycles. The second-order valence-corrected chi connectivity index (χ2v) is 2.35. The van der Waals surface area contributed by atoms with Crippen molar-refractivity contribution in [3.63, 3.8) is 0 Å². The van der Waals surface area contributed by atoms with Gasteiger partial charge in [0, 0.05) is 12.7 Å². The standard InChI is InChI=1S/C7H13N3O/c1-3-5-6(4-11-2)9-10-7(5)8/h3-4H2,1-2H3,(H3,8,9,10). The van der Waals surface area contributed by atoms with Gasteiger partial charge >= 0.3 is 0 Å². The van der Waals surface area contributed by atoms with Crippen molar-refractivity contribution in [3.05, 3.63) is 11.3 Å². The molecule has 0 aliphatic rings. The van der Waals surface area contributed by atoms with E-state index in [-0.39, 0.29) is 0 Å². The van der Waals surface area contributed by atoms with Crippen molar-refractivity contribution in [3.8, 4) is 0 Å². The molecule has 0 saturated carbocycles. The lowest BCUT2D eigenvalue weighted by Crippen LogP contribution is -1.94. The molecule has 0 unspecified atom stereocenters. The molecular formula is C7H13N3O. The number of nitrogen functional groups attached to an aromatic ring is 1. The minimum Gasteiger partial charge on any atom is -0.382 e. The smallest absolute Gasteiger partial charge is 0.148 e. The normalized spacial score (nSPS) is 10.4. The number of hydrogen-bond donors (Lipinski definition) is 2. The van der Waals surface area contributed by atoms with Gasteiger partial charge in [0.05, 0.1) is 12.3 Å². The summed E-state index contributed by atoms with van der Waals surface area (Å²) in [5, 5.41) is 6.70. The fourth-order valence-electron chi connectivity index (χ4n) is 1.08. The first-order chi connectivity index (χ1) is 5.29. The van der Waals surface area contributed by atoms with Crippen LogP contribution in [-0.4, -0.2) is 17.3 Å². The van der Waals surface area contributed by atoms with Gasteiger partial charge in [-0.1, -0.05) is 6.92 Å². The van der Waals surface area contributed by atoms with E-state index >= 15 is 0 Å². The number of ether oxygens (including phenoxy) is 1. The lowest BCUT2D eigenvalue weighted by molar-refractivity contribution is 0.180. The van der Waals surface area contributed by atoms with E-state index in [0.29, 0.717) is 12.4 Å². The highest BCUT2D eigenvalue weighted by atomic mass is 16.5. The average Bonchev–Trinajstić information content (AvgIpc) is 2.33. The Morgan fingerprint density at radius 1 is 1.64 bits per heavy atom. The van der Waals surface area contributed by atoms with Crippen LogP contribution in [0.5, 0.6) is 0 Å². The first-order valence-electron chi connectivity index (χ1n) is 3.60. The zero-order valence-corrected chi connectivity index (χ0v) is 6.85. The second-order valence-electron chi connectivity index (χ2n) is 2.35. The number of nitrogens with one attached hydrogen (secondary N) is 1. The first kappa shape index (κ1) is 8.07. The third-order valence-electron chi connectivity index (χ3n) is 1.63. The summed E-state index contributed by atoms with van der Waals surface area (Å²) in [6.45, 7) is 2.59. The number of anilines is 1. The van der Waals surface area contributed by atoms with Gasteiger partial charge < -0.3 is 10.5 Å². The van der Waals surface area contributed by atoms with Crippen molar-refractivity contribution >= 4 is 5.82 Å². The molecule has 0 atom stereocenters. The molecule has 0 radical (unpaired) electrons. The van der Waals surface area contributed by atoms with E-state index in [1.807, 2.05) is 6.92 Å². The fourth-order valence-corrected chi connectivity index (χ4v) is 1.08. The summed E-state index contributed by atoms with van der Waals surface area (Å²) in [4.78, 5) is 0. The van der Waals surface area contributed by atoms with E-state index in [4.69, 9.17) is 10.5 Å². The Hall–Kier alpha value is -1.03. The number of nitrogens with two attached hydrogens (primary N) is 1. The number of nitrogens with zero attached hydrogens (tertiary/aromatic N) is 1. The van der Waals surface area contributed by atoms with E-state index in [9.17, 15) is 0 Å². The number of H-pyrrole nitrogens is 1. The number of hydrogen-bond acceptors (Lipinski definition) is 3. The molecule has 0 bridgehead atoms. The predicted octanol–water partition coefficient (Wildman–Crippen LogP) is 0.701. The predicted molar refractivity (Wildman–Crippen MR) is 43.1 cm³/mol. The van der Waals surface area contributed by atoms with Crippen LogP contribution >= 0.6 is 0 Å². The quantitative estimate of drug-likeness (QED) is 0.675. The third-order valence-corrected chi connectivity index (χ3v) is 1.63. The van der Waals surface area contributed by atoms with Crippen LogP contribution < -0.4 is 5.73 Å². The van der Waals surface area contributed by atoms with Crippen LogP contribution in [-0.2, 0) is 17.8 Å². The highest BCUT2D eigenvalue weighted by molar-refractivity contribution is 5.41. The topological polar surface area (TPSA) is 63.9 Å². The molecule has 0 aliphatic heterocycles. The molecule has 1 aromatic heterocycles. The molecule has 0 saturated heterocycles. The molecule has 0 fully saturated rings. The monoisotopic (exact) mass is 155 g/mol. The Labute approximate surface area is 65.7 Å². The number of methoxy groups -OCH3 is 1. The maximum absolute atomic E-state index is 5.58. The Bertz CT molecular complexity index is 232. The van der Waals surface area contributed by atoms with Crippen molar-refractivity contribution in [2.75, 3.05) is 12.8 Å². The van der Waals surface area contributed by atoms with Crippen molar-refractivity contribution in [2.24, 2.45) is 0 Å². The van der Waals surface area contributed by atoms with Crippen LogP contribution in [0.15, 0.2) is 0 Å². The van der Waals surface area contributed by atoms with Crippen LogP contribution in [0.2, 0.25) is 0 Å². The molecule has 11 heavy (non-hydrogen) atoms. The molecule has 0 aliphatic carbocycles. The Morgan fingerprint density at radius 2 is 2.36 bits per heavy atom. The molecule has 0 aromatic carbocycles. The molecule has 4 nitrogen and oxygen atoms in total. The Kier molecular flexibility index (Phi) is 2.48. The van der Waals surface area contributed by atoms with Gasteiger partial charge in [0.15, 0.2) is 0 Å². The van der Waals surface area contributed by atoms with Crippen molar-refractivity contribution in [2.45, 2.75) is 20.0 Å². The SMILES string of the molecule is CCc1c(N)n[nH]c1COC. The van der Waals surface area contributed by atoms with Gasteiger partial charge in [0.1, 0.15) is 5.82 Å². The van der Waals surface area contributed by atoms with Gasteiger partial charge in [-0.05, 0) is 6.42 Å². The average molecular weight is 155 g/mol. The summed E-state index contributed by atoms with van der Waals surface area (Å²) in [7, 11) is 1.65. The van der Waals surface area contributed by atoms with E-state index in [0.717, 1.165) is 17.7 Å². The second kappa shape index (κ2) is 3.39. The largest absolute Gasteiger partial charge is 0.382 e. The molecule has 4 heteroatoms. The fraction of sp³-hybridized carbons (Fsp3) is 0.571. The summed E-state index contributed by atoms with van der Waals surface area (Å²) < 4.78 is 4.96. The van der Waals surface area contributed by atoms with E-state index in [1.54, 1.807) is 7.11 Å². The number of rotatable bonds is 3. The summed E-state index contributed by atoms with van der Waals surface area (Å²) in [6, 6.07) is 0. The summed E-state index contributed by atoms with van der Waals surface area (Å²) in [5.41, 5.74) is 7.63. The molecule has 3 N–H and O–H groups in total. The lowest BCUT2D eigenvalue weighted by Gasteiger charge is -1.98. The van der Waals surface area contributed by atoms with Crippen LogP contribution in [0.3, 0.4) is 0 Å². The Morgan fingerprint density at radius 3 is 2.91 bits per heavy atom. The highest BCUT2D eigenvalue weighted by Crippen LogP contribution is 2.13. The van der Waals surface area contributed by atoms with Crippen molar-refractivity contribution in [1.29, 1.82) is 0 Å². The summed E-state index contributed by atoms with van der Waals surface area (Å²) in [5.74, 6) is 0.583. The minimum absolute atomic E-state index is 0.549. The van der Waals surface area contributed by atoms with Crippen LogP contribution in [0.25, 0.3) is 0 Å². The van der Waals surface area contributed by atoms with Crippen LogP contribution in [0.1, 0.15) is 18.2 Å². The summed E-state index contributed by atoms with van der Waals surface area (Å²) in [6.07, 6.45) is 0.890. The Balaban J connectivity index is 2.86.